The Kier molecular flexibility index (Phi) is 1.93. The number of allylic oxidation sites excluding steroid dienone is 1. The number of benzene rings is 1. The van der Waals surface area contributed by atoms with E-state index in [-0.39, 0.29) is 5.76 Å². The molecule has 0 bridgehead atoms. The first-order valence-electron chi connectivity index (χ1n) is 4.18. The highest BCUT2D eigenvalue weighted by molar-refractivity contribution is 6.51. The summed E-state index contributed by atoms with van der Waals surface area (Å²) < 4.78 is 4.82. The van der Waals surface area contributed by atoms with Crippen molar-refractivity contribution >= 4 is 17.6 Å². The summed E-state index contributed by atoms with van der Waals surface area (Å²) in [5.41, 5.74) is 1.17. The second kappa shape index (κ2) is 3.10. The molecule has 2 rings (SSSR count). The van der Waals surface area contributed by atoms with Crippen LogP contribution < -0.4 is 0 Å². The van der Waals surface area contributed by atoms with Gasteiger partial charge in [0.15, 0.2) is 5.76 Å². The molecule has 14 heavy (non-hydrogen) atoms. The normalized spacial score (nSPS) is 14.8. The quantitative estimate of drug-likeness (QED) is 0.626. The van der Waals surface area contributed by atoms with E-state index >= 15 is 0 Å². The van der Waals surface area contributed by atoms with Gasteiger partial charge in [-0.1, -0.05) is 24.3 Å². The van der Waals surface area contributed by atoms with Gasteiger partial charge < -0.3 is 4.74 Å². The van der Waals surface area contributed by atoms with E-state index in [2.05, 4.69) is 0 Å². The molecule has 0 aromatic heterocycles. The first-order chi connectivity index (χ1) is 6.74. The number of methoxy groups -OCH3 is 1. The van der Waals surface area contributed by atoms with Crippen LogP contribution in [0.4, 0.5) is 0 Å². The summed E-state index contributed by atoms with van der Waals surface area (Å²) in [4.78, 5) is 22.9. The Morgan fingerprint density at radius 1 is 1.07 bits per heavy atom. The summed E-state index contributed by atoms with van der Waals surface area (Å²) in [6, 6.07) is 6.96. The smallest absolute Gasteiger partial charge is 0.267 e. The van der Waals surface area contributed by atoms with Crippen LogP contribution in [0.2, 0.25) is 0 Å². The number of rotatable bonds is 1. The minimum atomic E-state index is -0.578. The molecule has 3 heteroatoms. The molecule has 0 saturated carbocycles. The monoisotopic (exact) mass is 188 g/mol. The Morgan fingerprint density at radius 3 is 2.50 bits per heavy atom. The Balaban J connectivity index is 2.63. The molecule has 1 aromatic carbocycles. The number of carbonyl (C=O) groups excluding carboxylic acids is 2. The van der Waals surface area contributed by atoms with Crippen LogP contribution in [-0.4, -0.2) is 18.7 Å². The fourth-order valence-electron chi connectivity index (χ4n) is 1.42. The zero-order valence-corrected chi connectivity index (χ0v) is 7.61. The van der Waals surface area contributed by atoms with Crippen molar-refractivity contribution in [3.05, 3.63) is 41.2 Å². The summed E-state index contributed by atoms with van der Waals surface area (Å²) in [7, 11) is 1.38. The third-order valence-electron chi connectivity index (χ3n) is 2.14. The molecule has 70 valence electrons. The minimum Gasteiger partial charge on any atom is -0.492 e. The van der Waals surface area contributed by atoms with Gasteiger partial charge in [0.1, 0.15) is 0 Å². The fraction of sp³-hybridized carbons (Fsp3) is 0.0909. The molecule has 0 radical (unpaired) electrons. The highest BCUT2D eigenvalue weighted by Gasteiger charge is 2.27. The highest BCUT2D eigenvalue weighted by Crippen LogP contribution is 2.21. The second-order valence-corrected chi connectivity index (χ2v) is 2.96. The van der Waals surface area contributed by atoms with Crippen LogP contribution in [0, 0.1) is 0 Å². The van der Waals surface area contributed by atoms with E-state index in [1.807, 2.05) is 6.07 Å². The predicted molar refractivity (Wildman–Crippen MR) is 50.8 cm³/mol. The lowest BCUT2D eigenvalue weighted by molar-refractivity contribution is -0.114. The molecule has 0 fully saturated rings. The van der Waals surface area contributed by atoms with Crippen molar-refractivity contribution in [2.45, 2.75) is 0 Å². The molecule has 0 N–H and O–H groups in total. The molecule has 0 amide bonds. The first kappa shape index (κ1) is 8.69. The lowest BCUT2D eigenvalue weighted by Gasteiger charge is -2.12. The third-order valence-corrected chi connectivity index (χ3v) is 2.14. The van der Waals surface area contributed by atoms with Crippen molar-refractivity contribution in [2.24, 2.45) is 0 Å². The Morgan fingerprint density at radius 2 is 1.79 bits per heavy atom. The molecule has 1 aromatic rings. The van der Waals surface area contributed by atoms with Crippen LogP contribution >= 0.6 is 0 Å². The van der Waals surface area contributed by atoms with Crippen molar-refractivity contribution < 1.29 is 14.3 Å². The van der Waals surface area contributed by atoms with Crippen LogP contribution in [0.3, 0.4) is 0 Å². The lowest BCUT2D eigenvalue weighted by Crippen LogP contribution is -2.22. The Hall–Kier alpha value is -1.90. The van der Waals surface area contributed by atoms with Gasteiger partial charge in [-0.15, -0.1) is 0 Å². The summed E-state index contributed by atoms with van der Waals surface area (Å²) in [5, 5.41) is 0. The number of hydrogen-bond acceptors (Lipinski definition) is 3. The summed E-state index contributed by atoms with van der Waals surface area (Å²) in [5.74, 6) is -0.972. The van der Waals surface area contributed by atoms with Crippen molar-refractivity contribution in [2.75, 3.05) is 7.11 Å². The van der Waals surface area contributed by atoms with Crippen molar-refractivity contribution in [1.82, 2.24) is 0 Å². The molecule has 1 aliphatic carbocycles. The maximum atomic E-state index is 11.5. The first-order valence-corrected chi connectivity index (χ1v) is 4.18. The van der Waals surface area contributed by atoms with E-state index in [9.17, 15) is 9.59 Å². The molecular weight excluding hydrogens is 180 g/mol. The van der Waals surface area contributed by atoms with Gasteiger partial charge in [-0.2, -0.15) is 0 Å². The Bertz CT molecular complexity index is 444. The third kappa shape index (κ3) is 1.14. The predicted octanol–water partition coefficient (Wildman–Crippen LogP) is 1.44. The number of ketones is 2. The van der Waals surface area contributed by atoms with Gasteiger partial charge in [-0.25, -0.2) is 0 Å². The number of fused-ring (bicyclic) bond motifs is 1. The van der Waals surface area contributed by atoms with Crippen molar-refractivity contribution in [3.8, 4) is 0 Å². The maximum Gasteiger partial charge on any atom is 0.267 e. The van der Waals surface area contributed by atoms with Crippen molar-refractivity contribution in [1.29, 1.82) is 0 Å². The zero-order valence-electron chi connectivity index (χ0n) is 7.61. The van der Waals surface area contributed by atoms with E-state index in [4.69, 9.17) is 4.74 Å². The van der Waals surface area contributed by atoms with Crippen molar-refractivity contribution in [3.63, 3.8) is 0 Å². The van der Waals surface area contributed by atoms with Gasteiger partial charge in [-0.05, 0) is 11.6 Å². The second-order valence-electron chi connectivity index (χ2n) is 2.96. The van der Waals surface area contributed by atoms with Crippen LogP contribution in [-0.2, 0) is 9.53 Å². The number of hydrogen-bond donors (Lipinski definition) is 0. The zero-order chi connectivity index (χ0) is 10.1. The largest absolute Gasteiger partial charge is 0.492 e. The summed E-state index contributed by atoms with van der Waals surface area (Å²) in [6.45, 7) is 0. The standard InChI is InChI=1S/C11H8O3/c1-14-9-6-7-4-2-3-5-8(7)10(12)11(9)13/h2-6H,1H3. The average molecular weight is 188 g/mol. The minimum absolute atomic E-state index is 0.105. The number of carbonyl (C=O) groups is 2. The van der Waals surface area contributed by atoms with Gasteiger partial charge in [0.2, 0.25) is 5.78 Å². The molecule has 0 heterocycles. The molecule has 1 aliphatic rings. The van der Waals surface area contributed by atoms with Gasteiger partial charge in [0.05, 0.1) is 7.11 Å². The molecule has 0 atom stereocenters. The summed E-state index contributed by atoms with van der Waals surface area (Å²) >= 11 is 0. The number of Topliss-reactive ketones (excluding diaryl/α,β-unsaturated/α-hetero) is 2. The maximum absolute atomic E-state index is 11.5. The van der Waals surface area contributed by atoms with E-state index in [0.29, 0.717) is 5.56 Å². The molecule has 3 nitrogen and oxygen atoms in total. The van der Waals surface area contributed by atoms with E-state index < -0.39 is 11.6 Å². The van der Waals surface area contributed by atoms with Crippen LogP contribution in [0.1, 0.15) is 15.9 Å². The van der Waals surface area contributed by atoms with Gasteiger partial charge in [-0.3, -0.25) is 9.59 Å². The molecule has 0 spiro atoms. The van der Waals surface area contributed by atoms with Crippen LogP contribution in [0.5, 0.6) is 0 Å². The fourth-order valence-corrected chi connectivity index (χ4v) is 1.42. The number of ether oxygens (including phenoxy) is 1. The lowest BCUT2D eigenvalue weighted by atomic mass is 9.94. The van der Waals surface area contributed by atoms with Crippen LogP contribution in [0.15, 0.2) is 30.0 Å². The van der Waals surface area contributed by atoms with Gasteiger partial charge >= 0.3 is 0 Å². The molecule has 0 unspecified atom stereocenters. The summed E-state index contributed by atoms with van der Waals surface area (Å²) in [6.07, 6.45) is 1.58. The van der Waals surface area contributed by atoms with Crippen LogP contribution in [0.25, 0.3) is 6.08 Å². The molecular formula is C11H8O3. The highest BCUT2D eigenvalue weighted by atomic mass is 16.5. The Labute approximate surface area is 81.0 Å². The topological polar surface area (TPSA) is 43.4 Å². The molecule has 0 aliphatic heterocycles. The van der Waals surface area contributed by atoms with E-state index in [1.165, 1.54) is 7.11 Å². The van der Waals surface area contributed by atoms with Gasteiger partial charge in [0.25, 0.3) is 5.78 Å². The average Bonchev–Trinajstić information content (AvgIpc) is 2.23. The van der Waals surface area contributed by atoms with Gasteiger partial charge in [0, 0.05) is 5.56 Å². The van der Waals surface area contributed by atoms with E-state index in [1.54, 1.807) is 24.3 Å². The van der Waals surface area contributed by atoms with E-state index in [0.717, 1.165) is 5.56 Å². The molecule has 0 saturated heterocycles. The SMILES string of the molecule is COC1=Cc2ccccc2C(=O)C1=O.